The van der Waals surface area contributed by atoms with Crippen molar-refractivity contribution < 1.29 is 15.2 Å². The highest BCUT2D eigenvalue weighted by molar-refractivity contribution is 6.00. The molecule has 0 radical (unpaired) electrons. The molecule has 3 aliphatic rings. The van der Waals surface area contributed by atoms with Crippen molar-refractivity contribution in [3.05, 3.63) is 216 Å². The van der Waals surface area contributed by atoms with E-state index in [0.717, 1.165) is 84.1 Å². The molecule has 0 fully saturated rings. The first-order valence-electron chi connectivity index (χ1n) is 27.3. The number of aromatic nitrogens is 3. The van der Waals surface area contributed by atoms with Gasteiger partial charge in [-0.15, -0.1) is 9.13 Å². The highest BCUT2D eigenvalue weighted by Crippen LogP contribution is 2.57. The van der Waals surface area contributed by atoms with E-state index in [1.54, 1.807) is 0 Å². The van der Waals surface area contributed by atoms with E-state index < -0.39 is 11.7 Å². The van der Waals surface area contributed by atoms with Gasteiger partial charge in [0.25, 0.3) is 0 Å². The standard InChI is InChI=1S/C71H67N3O/c1-43(2)45-26-28-47(29-27-45)50-34-35-72-62(39-50)58-38-51(46-20-15-13-16-21-46)37-57-54-24-19-25-61-65(54)74-67(59-40-53(69(7,8)9)41-60(70(10,11)12)66(59)75-71(72,74)64(57)58)73(61)63-42-55(48-22-17-14-18-23-48)44(3)36-56(63)49-30-32-52(33-31-49)68(4,5)6/h13-43H,1-12H3/q+2/i43D. The number of aryl methyl sites for hydroxylation is 1. The number of ether oxygens (including phenoxy) is 1. The van der Waals surface area contributed by atoms with Gasteiger partial charge in [0.15, 0.2) is 23.0 Å². The number of fused-ring (bicyclic) bond motifs is 5. The first-order valence-corrected chi connectivity index (χ1v) is 26.8. The number of para-hydroxylation sites is 1. The minimum atomic E-state index is -1.17. The Morgan fingerprint density at radius 1 is 0.507 bits per heavy atom. The Balaban J connectivity index is 1.21. The fourth-order valence-corrected chi connectivity index (χ4v) is 12.3. The van der Waals surface area contributed by atoms with Crippen molar-refractivity contribution in [2.24, 2.45) is 0 Å². The van der Waals surface area contributed by atoms with Crippen LogP contribution in [0.4, 0.5) is 0 Å². The van der Waals surface area contributed by atoms with Gasteiger partial charge in [0, 0.05) is 35.8 Å². The summed E-state index contributed by atoms with van der Waals surface area (Å²) < 4.78 is 24.7. The van der Waals surface area contributed by atoms with Gasteiger partial charge in [0.05, 0.1) is 5.56 Å². The van der Waals surface area contributed by atoms with Gasteiger partial charge in [0.1, 0.15) is 16.8 Å². The van der Waals surface area contributed by atoms with Gasteiger partial charge in [-0.25, -0.2) is 0 Å². The summed E-state index contributed by atoms with van der Waals surface area (Å²) in [5, 5.41) is 0. The molecule has 1 atom stereocenters. The van der Waals surface area contributed by atoms with E-state index in [1.165, 1.54) is 50.1 Å². The van der Waals surface area contributed by atoms with Gasteiger partial charge in [-0.3, -0.25) is 0 Å². The molecule has 13 rings (SSSR count). The van der Waals surface area contributed by atoms with E-state index in [4.69, 9.17) is 6.11 Å². The van der Waals surface area contributed by atoms with Crippen LogP contribution in [0.5, 0.6) is 5.75 Å². The van der Waals surface area contributed by atoms with E-state index in [1.807, 2.05) is 13.8 Å². The van der Waals surface area contributed by atoms with Crippen LogP contribution in [0.1, 0.15) is 117 Å². The second-order valence-corrected chi connectivity index (χ2v) is 24.7. The fraction of sp³-hybridized carbons (Fsp3) is 0.239. The normalized spacial score (nSPS) is 15.5. The van der Waals surface area contributed by atoms with Crippen molar-refractivity contribution in [2.45, 2.75) is 111 Å². The lowest BCUT2D eigenvalue weighted by Crippen LogP contribution is -2.78. The Morgan fingerprint density at radius 2 is 1.13 bits per heavy atom. The second kappa shape index (κ2) is 16.3. The van der Waals surface area contributed by atoms with Crippen molar-refractivity contribution >= 4 is 11.0 Å². The molecule has 1 unspecified atom stereocenters. The number of rotatable bonds is 6. The van der Waals surface area contributed by atoms with Crippen molar-refractivity contribution in [1.82, 2.24) is 4.57 Å². The number of hydrogen-bond acceptors (Lipinski definition) is 1. The Labute approximate surface area is 445 Å². The highest BCUT2D eigenvalue weighted by atomic mass is 16.5. The van der Waals surface area contributed by atoms with E-state index >= 15 is 0 Å². The van der Waals surface area contributed by atoms with Crippen LogP contribution in [0.2, 0.25) is 0 Å². The van der Waals surface area contributed by atoms with Crippen molar-refractivity contribution in [3.63, 3.8) is 0 Å². The van der Waals surface area contributed by atoms with Crippen molar-refractivity contribution in [1.29, 1.82) is 0 Å². The molecule has 4 heteroatoms. The van der Waals surface area contributed by atoms with Gasteiger partial charge in [-0.2, -0.15) is 4.57 Å². The van der Waals surface area contributed by atoms with Crippen LogP contribution in [0, 0.1) is 6.92 Å². The van der Waals surface area contributed by atoms with E-state index in [2.05, 4.69) is 265 Å². The van der Waals surface area contributed by atoms with Crippen LogP contribution in [0.3, 0.4) is 0 Å². The average Bonchev–Trinajstić information content (AvgIpc) is 4.12. The Hall–Kier alpha value is -7.82. The maximum Gasteiger partial charge on any atom is 0.499 e. The lowest BCUT2D eigenvalue weighted by molar-refractivity contribution is -0.997. The third-order valence-corrected chi connectivity index (χ3v) is 16.4. The minimum Gasteiger partial charge on any atom is -0.392 e. The van der Waals surface area contributed by atoms with Gasteiger partial charge in [-0.1, -0.05) is 197 Å². The Morgan fingerprint density at radius 3 is 1.79 bits per heavy atom. The molecule has 4 nitrogen and oxygen atoms in total. The number of benzene rings is 8. The van der Waals surface area contributed by atoms with Crippen LogP contribution in [0.25, 0.3) is 95.0 Å². The van der Waals surface area contributed by atoms with Gasteiger partial charge in [-0.05, 0) is 133 Å². The first-order chi connectivity index (χ1) is 36.1. The monoisotopic (exact) mass is 979 g/mol. The Kier molecular flexibility index (Phi) is 9.97. The van der Waals surface area contributed by atoms with Gasteiger partial charge >= 0.3 is 11.7 Å². The SMILES string of the molecule is [2H]C(C)(C)c1ccc(-c2cc[n+]3c(c2)-c2cc(-c4ccccc4)cc4c2C32Oc3c(cc(C(C)(C)C)cc3C(C)(C)C)-c3n(-c5cc(-c6ccccc6)c(C)cc5-c5ccc(C(C)(C)C)cc5)c5cccc-4c5[n+]32)cc1. The third-order valence-electron chi connectivity index (χ3n) is 16.4. The predicted octanol–water partition coefficient (Wildman–Crippen LogP) is 17.4. The topological polar surface area (TPSA) is 21.9 Å². The summed E-state index contributed by atoms with van der Waals surface area (Å²) in [6, 6.07) is 65.7. The zero-order valence-electron chi connectivity index (χ0n) is 46.6. The van der Waals surface area contributed by atoms with E-state index in [0.29, 0.717) is 0 Å². The Bertz CT molecular complexity index is 4030. The number of pyridine rings is 1. The van der Waals surface area contributed by atoms with Crippen LogP contribution < -0.4 is 13.9 Å². The van der Waals surface area contributed by atoms with Crippen molar-refractivity contribution in [3.8, 4) is 89.7 Å². The lowest BCUT2D eigenvalue weighted by Gasteiger charge is -2.36. The van der Waals surface area contributed by atoms with E-state index in [-0.39, 0.29) is 16.2 Å². The molecule has 3 aliphatic heterocycles. The smallest absolute Gasteiger partial charge is 0.392 e. The van der Waals surface area contributed by atoms with Crippen molar-refractivity contribution in [2.75, 3.05) is 0 Å². The van der Waals surface area contributed by atoms with Crippen LogP contribution >= 0.6 is 0 Å². The third kappa shape index (κ3) is 7.08. The summed E-state index contributed by atoms with van der Waals surface area (Å²) >= 11 is 0. The highest BCUT2D eigenvalue weighted by Gasteiger charge is 2.69. The average molecular weight is 979 g/mol. The summed E-state index contributed by atoms with van der Waals surface area (Å²) in [7, 11) is 0. The molecule has 75 heavy (non-hydrogen) atoms. The number of imidazole rings is 1. The number of nitrogens with zero attached hydrogens (tertiary/aromatic N) is 3. The summed E-state index contributed by atoms with van der Waals surface area (Å²) in [5.41, 5.74) is 24.9. The molecule has 0 amide bonds. The largest absolute Gasteiger partial charge is 0.499 e. The fourth-order valence-electron chi connectivity index (χ4n) is 12.3. The molecule has 1 spiro atoms. The lowest BCUT2D eigenvalue weighted by atomic mass is 9.78. The molecule has 5 heterocycles. The molecule has 370 valence electrons. The summed E-state index contributed by atoms with van der Waals surface area (Å²) in [6.07, 6.45) is 2.28. The minimum absolute atomic E-state index is 0.00819. The maximum atomic E-state index is 8.78. The second-order valence-electron chi connectivity index (χ2n) is 24.7. The molecule has 0 bridgehead atoms. The molecule has 10 aromatic rings. The van der Waals surface area contributed by atoms with Gasteiger partial charge < -0.3 is 4.74 Å². The maximum absolute atomic E-state index is 8.78. The van der Waals surface area contributed by atoms with E-state index in [9.17, 15) is 0 Å². The zero-order valence-corrected chi connectivity index (χ0v) is 45.6. The van der Waals surface area contributed by atoms with Crippen LogP contribution in [-0.4, -0.2) is 4.57 Å². The van der Waals surface area contributed by atoms with Crippen LogP contribution in [-0.2, 0) is 22.1 Å². The zero-order chi connectivity index (χ0) is 53.0. The summed E-state index contributed by atoms with van der Waals surface area (Å²) in [4.78, 5) is 0. The molecule has 2 aromatic heterocycles. The molecule has 0 saturated carbocycles. The molecular weight excluding hydrogens is 911 g/mol. The summed E-state index contributed by atoms with van der Waals surface area (Å²) in [6.45, 7) is 27.0. The van der Waals surface area contributed by atoms with Crippen LogP contribution in [0.15, 0.2) is 182 Å². The quantitative estimate of drug-likeness (QED) is 0.152. The molecule has 8 aromatic carbocycles. The number of hydrogen-bond donors (Lipinski definition) is 0. The molecule has 0 saturated heterocycles. The molecular formula is C71H67N3O+2. The first kappa shape index (κ1) is 45.8. The molecule has 0 aliphatic carbocycles. The predicted molar refractivity (Wildman–Crippen MR) is 310 cm³/mol. The van der Waals surface area contributed by atoms with Gasteiger partial charge in [0.2, 0.25) is 5.69 Å². The molecule has 0 N–H and O–H groups in total. The summed E-state index contributed by atoms with van der Waals surface area (Å²) in [5.74, 6) is 0.118.